The normalized spacial score (nSPS) is 18.4. The van der Waals surface area contributed by atoms with E-state index in [2.05, 4.69) is 10.6 Å². The summed E-state index contributed by atoms with van der Waals surface area (Å²) >= 11 is 0. The van der Waals surface area contributed by atoms with E-state index in [0.29, 0.717) is 0 Å². The molecular weight excluding hydrogens is 159 g/mol. The van der Waals surface area contributed by atoms with E-state index in [9.17, 15) is 9.90 Å². The Kier molecular flexibility index (Phi) is 6.23. The molecule has 1 aliphatic heterocycles. The average Bonchev–Trinajstić information content (AvgIpc) is 2.15. The van der Waals surface area contributed by atoms with Crippen LogP contribution in [-0.4, -0.2) is 25.2 Å². The van der Waals surface area contributed by atoms with Crippen molar-refractivity contribution in [3.8, 4) is 0 Å². The number of nitrogens with one attached hydrogen (secondary N) is 2. The average molecular weight is 168 g/mol. The summed E-state index contributed by atoms with van der Waals surface area (Å²) < 4.78 is 0. The minimum Gasteiger partial charge on any atom is -0.550 e. The van der Waals surface area contributed by atoms with Crippen LogP contribution >= 0.6 is 0 Å². The van der Waals surface area contributed by atoms with Gasteiger partial charge in [-0.1, -0.05) is 0 Å². The Morgan fingerprint density at radius 3 is 2.40 bits per heavy atom. The van der Waals surface area contributed by atoms with Gasteiger partial charge >= 0.3 is 51.4 Å². The SMILES string of the molecule is O=C([O-])CC1NCCN1.[K+]. The fourth-order valence-corrected chi connectivity index (χ4v) is 0.876. The number of carbonyl (C=O) groups excluding carboxylic acids is 1. The van der Waals surface area contributed by atoms with E-state index in [0.717, 1.165) is 13.1 Å². The molecule has 2 N–H and O–H groups in total. The molecule has 0 unspecified atom stereocenters. The molecule has 1 saturated heterocycles. The molecule has 5 heteroatoms. The number of carbonyl (C=O) groups is 1. The van der Waals surface area contributed by atoms with Crippen LogP contribution in [0.3, 0.4) is 0 Å². The van der Waals surface area contributed by atoms with Crippen molar-refractivity contribution in [2.24, 2.45) is 0 Å². The van der Waals surface area contributed by atoms with Crippen molar-refractivity contribution < 1.29 is 61.3 Å². The van der Waals surface area contributed by atoms with Gasteiger partial charge in [0.1, 0.15) is 0 Å². The summed E-state index contributed by atoms with van der Waals surface area (Å²) in [4.78, 5) is 9.96. The van der Waals surface area contributed by atoms with Crippen molar-refractivity contribution in [1.29, 1.82) is 0 Å². The van der Waals surface area contributed by atoms with Crippen LogP contribution < -0.4 is 67.1 Å². The molecule has 0 spiro atoms. The molecule has 1 rings (SSSR count). The zero-order chi connectivity index (χ0) is 6.69. The number of aliphatic carboxylic acids is 1. The van der Waals surface area contributed by atoms with E-state index in [-0.39, 0.29) is 64.0 Å². The Morgan fingerprint density at radius 2 is 2.00 bits per heavy atom. The molecule has 0 aliphatic carbocycles. The van der Waals surface area contributed by atoms with E-state index >= 15 is 0 Å². The number of carboxylic acid groups (broad SMARTS) is 1. The Labute approximate surface area is 102 Å². The topological polar surface area (TPSA) is 64.2 Å². The van der Waals surface area contributed by atoms with E-state index in [1.54, 1.807) is 0 Å². The summed E-state index contributed by atoms with van der Waals surface area (Å²) in [6.07, 6.45) is -0.0185. The smallest absolute Gasteiger partial charge is 0.550 e. The first-order valence-corrected chi connectivity index (χ1v) is 2.95. The van der Waals surface area contributed by atoms with E-state index in [4.69, 9.17) is 0 Å². The van der Waals surface area contributed by atoms with Gasteiger partial charge in [0.25, 0.3) is 0 Å². The van der Waals surface area contributed by atoms with Crippen molar-refractivity contribution in [3.05, 3.63) is 0 Å². The first-order valence-electron chi connectivity index (χ1n) is 2.95. The van der Waals surface area contributed by atoms with Gasteiger partial charge in [0.2, 0.25) is 0 Å². The van der Waals surface area contributed by atoms with Gasteiger partial charge in [-0.25, -0.2) is 0 Å². The summed E-state index contributed by atoms with van der Waals surface area (Å²) in [6, 6.07) is 0. The van der Waals surface area contributed by atoms with Crippen molar-refractivity contribution in [3.63, 3.8) is 0 Å². The second-order valence-corrected chi connectivity index (χ2v) is 2.04. The molecule has 10 heavy (non-hydrogen) atoms. The molecular formula is C5H9KN2O2. The third-order valence-electron chi connectivity index (χ3n) is 1.28. The number of rotatable bonds is 2. The predicted octanol–water partition coefficient (Wildman–Crippen LogP) is -5.35. The standard InChI is InChI=1S/C5H10N2O2.K/c8-5(9)3-4-6-1-2-7-4;/h4,6-7H,1-3H2,(H,8,9);/q;+1/p-1. The van der Waals surface area contributed by atoms with Crippen LogP contribution in [0.5, 0.6) is 0 Å². The maximum Gasteiger partial charge on any atom is 1.00 e. The van der Waals surface area contributed by atoms with Crippen molar-refractivity contribution in [1.82, 2.24) is 10.6 Å². The number of carboxylic acids is 1. The van der Waals surface area contributed by atoms with E-state index in [1.807, 2.05) is 0 Å². The fourth-order valence-electron chi connectivity index (χ4n) is 0.876. The van der Waals surface area contributed by atoms with Crippen LogP contribution in [0.25, 0.3) is 0 Å². The summed E-state index contributed by atoms with van der Waals surface area (Å²) in [5, 5.41) is 15.9. The van der Waals surface area contributed by atoms with Gasteiger partial charge in [-0.05, 0) is 0 Å². The van der Waals surface area contributed by atoms with Crippen molar-refractivity contribution >= 4 is 5.97 Å². The maximum atomic E-state index is 9.96. The maximum absolute atomic E-state index is 9.96. The predicted molar refractivity (Wildman–Crippen MR) is 29.4 cm³/mol. The van der Waals surface area contributed by atoms with Crippen molar-refractivity contribution in [2.45, 2.75) is 12.6 Å². The minimum atomic E-state index is -1.01. The Bertz CT molecular complexity index is 114. The second-order valence-electron chi connectivity index (χ2n) is 2.04. The first-order chi connectivity index (χ1) is 4.29. The first kappa shape index (κ1) is 11.0. The molecule has 0 radical (unpaired) electrons. The van der Waals surface area contributed by atoms with Crippen molar-refractivity contribution in [2.75, 3.05) is 13.1 Å². The number of hydrogen-bond donors (Lipinski definition) is 2. The molecule has 4 nitrogen and oxygen atoms in total. The van der Waals surface area contributed by atoms with Crippen LogP contribution in [-0.2, 0) is 4.79 Å². The van der Waals surface area contributed by atoms with Gasteiger partial charge in [-0.15, -0.1) is 0 Å². The second kappa shape index (κ2) is 5.65. The van der Waals surface area contributed by atoms with Gasteiger partial charge in [0.05, 0.1) is 6.17 Å². The van der Waals surface area contributed by atoms with Gasteiger partial charge in [0, 0.05) is 25.5 Å². The molecule has 0 saturated carbocycles. The summed E-state index contributed by atoms with van der Waals surface area (Å²) in [5.41, 5.74) is 0. The quantitative estimate of drug-likeness (QED) is 0.404. The largest absolute Gasteiger partial charge is 1.00 e. The van der Waals surface area contributed by atoms with Crippen LogP contribution in [0.15, 0.2) is 0 Å². The Balaban J connectivity index is 0.000000810. The van der Waals surface area contributed by atoms with Gasteiger partial charge in [-0.3, -0.25) is 0 Å². The van der Waals surface area contributed by atoms with Crippen LogP contribution in [0.4, 0.5) is 0 Å². The molecule has 0 aromatic heterocycles. The molecule has 0 aromatic carbocycles. The van der Waals surface area contributed by atoms with Gasteiger partial charge in [0.15, 0.2) is 0 Å². The number of hydrogen-bond acceptors (Lipinski definition) is 4. The molecule has 0 amide bonds. The van der Waals surface area contributed by atoms with Crippen LogP contribution in [0.2, 0.25) is 0 Å². The third-order valence-corrected chi connectivity index (χ3v) is 1.28. The van der Waals surface area contributed by atoms with Gasteiger partial charge < -0.3 is 20.5 Å². The monoisotopic (exact) mass is 168 g/mol. The molecule has 1 heterocycles. The molecule has 52 valence electrons. The van der Waals surface area contributed by atoms with Gasteiger partial charge in [-0.2, -0.15) is 0 Å². The molecule has 1 fully saturated rings. The zero-order valence-electron chi connectivity index (χ0n) is 6.02. The summed E-state index contributed by atoms with van der Waals surface area (Å²) in [6.45, 7) is 1.69. The molecule has 0 atom stereocenters. The Morgan fingerprint density at radius 1 is 1.50 bits per heavy atom. The van der Waals surface area contributed by atoms with Crippen LogP contribution in [0.1, 0.15) is 6.42 Å². The van der Waals surface area contributed by atoms with E-state index < -0.39 is 5.97 Å². The molecule has 0 bridgehead atoms. The molecule has 0 aromatic rings. The van der Waals surface area contributed by atoms with E-state index in [1.165, 1.54) is 0 Å². The Hall–Kier alpha value is 1.03. The minimum absolute atomic E-state index is 0. The fraction of sp³-hybridized carbons (Fsp3) is 0.800. The zero-order valence-corrected chi connectivity index (χ0v) is 9.14. The summed E-state index contributed by atoms with van der Waals surface area (Å²) in [7, 11) is 0. The molecule has 1 aliphatic rings. The third kappa shape index (κ3) is 4.02. The summed E-state index contributed by atoms with van der Waals surface area (Å²) in [5.74, 6) is -1.01. The van der Waals surface area contributed by atoms with Crippen LogP contribution in [0, 0.1) is 0 Å².